The maximum atomic E-state index is 6.37. The van der Waals surface area contributed by atoms with Gasteiger partial charge in [-0.3, -0.25) is 0 Å². The highest BCUT2D eigenvalue weighted by atomic mass is 16.5. The summed E-state index contributed by atoms with van der Waals surface area (Å²) in [5, 5.41) is 0. The molecule has 0 amide bonds. The fraction of sp³-hybridized carbons (Fsp3) is 0.625. The van der Waals surface area contributed by atoms with E-state index in [0.29, 0.717) is 26.4 Å². The van der Waals surface area contributed by atoms with Crippen LogP contribution in [0, 0.1) is 0 Å². The average Bonchev–Trinajstić information content (AvgIpc) is 2.92. The van der Waals surface area contributed by atoms with Gasteiger partial charge >= 0.3 is 0 Å². The van der Waals surface area contributed by atoms with Gasteiger partial charge in [-0.15, -0.1) is 0 Å². The molecule has 2 aromatic carbocycles. The average molecular weight is 499 g/mol. The maximum Gasteiger partial charge on any atom is 0.0730 e. The van der Waals surface area contributed by atoms with E-state index in [4.69, 9.17) is 18.9 Å². The Morgan fingerprint density at radius 3 is 1.42 bits per heavy atom. The molecule has 202 valence electrons. The van der Waals surface area contributed by atoms with Crippen molar-refractivity contribution in [2.75, 3.05) is 0 Å². The molecule has 4 nitrogen and oxygen atoms in total. The molecule has 0 saturated carbocycles. The Balaban J connectivity index is 2.71. The third-order valence-corrected chi connectivity index (χ3v) is 7.20. The molecule has 0 radical (unpaired) electrons. The zero-order valence-corrected chi connectivity index (χ0v) is 24.1. The second-order valence-electron chi connectivity index (χ2n) is 10.0. The summed E-state index contributed by atoms with van der Waals surface area (Å²) in [6.07, 6.45) is 4.65. The van der Waals surface area contributed by atoms with Gasteiger partial charge in [0.1, 0.15) is 0 Å². The van der Waals surface area contributed by atoms with Crippen LogP contribution in [-0.4, -0.2) is 24.4 Å². The second kappa shape index (κ2) is 16.2. The van der Waals surface area contributed by atoms with Crippen LogP contribution < -0.4 is 0 Å². The number of benzene rings is 2. The Morgan fingerprint density at radius 2 is 0.944 bits per heavy atom. The van der Waals surface area contributed by atoms with Crippen molar-refractivity contribution in [2.45, 2.75) is 132 Å². The van der Waals surface area contributed by atoms with E-state index in [2.05, 4.69) is 91.8 Å². The van der Waals surface area contributed by atoms with Gasteiger partial charge in [0.05, 0.1) is 50.8 Å². The normalized spacial score (nSPS) is 15.0. The first-order chi connectivity index (χ1) is 17.3. The fourth-order valence-corrected chi connectivity index (χ4v) is 3.79. The van der Waals surface area contributed by atoms with Gasteiger partial charge in [0.15, 0.2) is 0 Å². The first-order valence-electron chi connectivity index (χ1n) is 14.0. The lowest BCUT2D eigenvalue weighted by Crippen LogP contribution is -2.18. The SMILES string of the molecule is CCC(C)OCc1cc(-c2ccccc2)c(COC(C)CC)c(COC(C)CC)c1COC(C)CC. The zero-order valence-electron chi connectivity index (χ0n) is 24.1. The van der Waals surface area contributed by atoms with E-state index in [1.54, 1.807) is 0 Å². The lowest BCUT2D eigenvalue weighted by molar-refractivity contribution is 0.0295. The highest BCUT2D eigenvalue weighted by molar-refractivity contribution is 5.71. The monoisotopic (exact) mass is 498 g/mol. The van der Waals surface area contributed by atoms with Gasteiger partial charge in [-0.05, 0) is 92.8 Å². The second-order valence-corrected chi connectivity index (χ2v) is 10.0. The topological polar surface area (TPSA) is 36.9 Å². The molecular formula is C32H50O4. The molecule has 4 heteroatoms. The molecule has 0 saturated heterocycles. The molecule has 36 heavy (non-hydrogen) atoms. The zero-order chi connectivity index (χ0) is 26.5. The molecule has 4 atom stereocenters. The van der Waals surface area contributed by atoms with E-state index in [1.165, 1.54) is 33.4 Å². The quantitative estimate of drug-likeness (QED) is 0.219. The first kappa shape index (κ1) is 30.5. The van der Waals surface area contributed by atoms with Crippen LogP contribution in [0.4, 0.5) is 0 Å². The third kappa shape index (κ3) is 9.30. The predicted molar refractivity (Wildman–Crippen MR) is 150 cm³/mol. The van der Waals surface area contributed by atoms with Crippen LogP contribution in [0.3, 0.4) is 0 Å². The van der Waals surface area contributed by atoms with Crippen LogP contribution >= 0.6 is 0 Å². The highest BCUT2D eigenvalue weighted by Gasteiger charge is 2.22. The van der Waals surface area contributed by atoms with Crippen LogP contribution in [0.2, 0.25) is 0 Å². The first-order valence-corrected chi connectivity index (χ1v) is 14.0. The van der Waals surface area contributed by atoms with Crippen LogP contribution in [0.25, 0.3) is 11.1 Å². The van der Waals surface area contributed by atoms with Gasteiger partial charge in [-0.2, -0.15) is 0 Å². The van der Waals surface area contributed by atoms with E-state index >= 15 is 0 Å². The number of hydrogen-bond acceptors (Lipinski definition) is 4. The lowest BCUT2D eigenvalue weighted by atomic mass is 9.89. The van der Waals surface area contributed by atoms with Crippen molar-refractivity contribution < 1.29 is 18.9 Å². The number of rotatable bonds is 17. The molecular weight excluding hydrogens is 448 g/mol. The number of hydrogen-bond donors (Lipinski definition) is 0. The van der Waals surface area contributed by atoms with Crippen LogP contribution in [0.1, 0.15) is 103 Å². The smallest absolute Gasteiger partial charge is 0.0730 e. The summed E-state index contributed by atoms with van der Waals surface area (Å²) in [5.74, 6) is 0. The molecule has 0 bridgehead atoms. The summed E-state index contributed by atoms with van der Waals surface area (Å²) in [5.41, 5.74) is 7.11. The molecule has 0 aliphatic carbocycles. The minimum absolute atomic E-state index is 0.178. The van der Waals surface area contributed by atoms with Crippen LogP contribution in [-0.2, 0) is 45.4 Å². The van der Waals surface area contributed by atoms with Crippen molar-refractivity contribution in [3.8, 4) is 11.1 Å². The van der Waals surface area contributed by atoms with E-state index in [9.17, 15) is 0 Å². The molecule has 0 N–H and O–H groups in total. The van der Waals surface area contributed by atoms with E-state index in [1.807, 2.05) is 0 Å². The molecule has 0 aliphatic rings. The summed E-state index contributed by atoms with van der Waals surface area (Å²) in [4.78, 5) is 0. The molecule has 0 heterocycles. The Bertz CT molecular complexity index is 879. The van der Waals surface area contributed by atoms with E-state index in [-0.39, 0.29) is 24.4 Å². The predicted octanol–water partition coefficient (Wildman–Crippen LogP) is 8.61. The minimum Gasteiger partial charge on any atom is -0.374 e. The van der Waals surface area contributed by atoms with Gasteiger partial charge in [0, 0.05) is 0 Å². The molecule has 2 rings (SSSR count). The van der Waals surface area contributed by atoms with Crippen molar-refractivity contribution >= 4 is 0 Å². The van der Waals surface area contributed by atoms with Gasteiger partial charge in [-0.25, -0.2) is 0 Å². The summed E-state index contributed by atoms with van der Waals surface area (Å²) in [6.45, 7) is 19.4. The Morgan fingerprint density at radius 1 is 0.528 bits per heavy atom. The van der Waals surface area contributed by atoms with Gasteiger partial charge in [0.25, 0.3) is 0 Å². The molecule has 0 aromatic heterocycles. The van der Waals surface area contributed by atoms with E-state index < -0.39 is 0 Å². The third-order valence-electron chi connectivity index (χ3n) is 7.20. The van der Waals surface area contributed by atoms with Crippen molar-refractivity contribution in [3.63, 3.8) is 0 Å². The van der Waals surface area contributed by atoms with Crippen LogP contribution in [0.5, 0.6) is 0 Å². The molecule has 0 spiro atoms. The van der Waals surface area contributed by atoms with E-state index in [0.717, 1.165) is 25.7 Å². The van der Waals surface area contributed by atoms with Gasteiger partial charge in [0.2, 0.25) is 0 Å². The summed E-state index contributed by atoms with van der Waals surface area (Å²) < 4.78 is 25.3. The van der Waals surface area contributed by atoms with Gasteiger partial charge < -0.3 is 18.9 Å². The largest absolute Gasteiger partial charge is 0.374 e. The van der Waals surface area contributed by atoms with Crippen LogP contribution in [0.15, 0.2) is 36.4 Å². The lowest BCUT2D eigenvalue weighted by Gasteiger charge is -2.26. The van der Waals surface area contributed by atoms with Gasteiger partial charge in [-0.1, -0.05) is 58.0 Å². The number of ether oxygens (including phenoxy) is 4. The summed E-state index contributed by atoms with van der Waals surface area (Å²) >= 11 is 0. The maximum absolute atomic E-state index is 6.37. The Labute approximate surface area is 220 Å². The standard InChI is InChI=1S/C32H50O4/c1-9-23(5)33-19-28-18-29(27-16-14-13-15-17-27)31(21-35-25(7)11-3)32(22-36-26(8)12-4)30(28)20-34-24(6)10-2/h13-18,23-26H,9-12,19-22H2,1-8H3. The molecule has 0 fully saturated rings. The molecule has 2 aromatic rings. The highest BCUT2D eigenvalue weighted by Crippen LogP contribution is 2.34. The van der Waals surface area contributed by atoms with Crippen molar-refractivity contribution in [3.05, 3.63) is 58.7 Å². The van der Waals surface area contributed by atoms with Crippen molar-refractivity contribution in [1.82, 2.24) is 0 Å². The Hall–Kier alpha value is -1.72. The Kier molecular flexibility index (Phi) is 13.7. The molecule has 4 unspecified atom stereocenters. The summed E-state index contributed by atoms with van der Waals surface area (Å²) in [6, 6.07) is 12.9. The fourth-order valence-electron chi connectivity index (χ4n) is 3.79. The molecule has 0 aliphatic heterocycles. The summed E-state index contributed by atoms with van der Waals surface area (Å²) in [7, 11) is 0. The minimum atomic E-state index is 0.178. The van der Waals surface area contributed by atoms with Crippen molar-refractivity contribution in [1.29, 1.82) is 0 Å². The van der Waals surface area contributed by atoms with Crippen molar-refractivity contribution in [2.24, 2.45) is 0 Å².